The van der Waals surface area contributed by atoms with Crippen molar-refractivity contribution in [2.45, 2.75) is 12.2 Å². The molecule has 0 saturated carbocycles. The van der Waals surface area contributed by atoms with Crippen molar-refractivity contribution in [3.63, 3.8) is 0 Å². The molecule has 0 spiro atoms. The van der Waals surface area contributed by atoms with Crippen LogP contribution in [0.3, 0.4) is 0 Å². The number of aliphatic hydroxyl groups is 2. The maximum Gasteiger partial charge on any atom is 0.470 e. The van der Waals surface area contributed by atoms with Crippen molar-refractivity contribution in [3.8, 4) is 0 Å². The normalized spacial score (nSPS) is 16.3. The van der Waals surface area contributed by atoms with Crippen LogP contribution in [0.2, 0.25) is 0 Å². The number of hydrogen-bond donors (Lipinski definition) is 6. The molecule has 6 N–H and O–H groups in total. The van der Waals surface area contributed by atoms with Gasteiger partial charge in [0.05, 0.1) is 6.61 Å². The molecule has 13 heteroatoms. The van der Waals surface area contributed by atoms with Gasteiger partial charge in [0, 0.05) is 0 Å². The van der Waals surface area contributed by atoms with Crippen molar-refractivity contribution < 1.29 is 52.8 Å². The van der Waals surface area contributed by atoms with Gasteiger partial charge in [-0.25, -0.2) is 9.13 Å². The van der Waals surface area contributed by atoms with Gasteiger partial charge in [0.1, 0.15) is 18.8 Å². The average Bonchev–Trinajstić information content (AvgIpc) is 2.19. The zero-order valence-electron chi connectivity index (χ0n) is 8.69. The molecule has 0 aromatic heterocycles. The van der Waals surface area contributed by atoms with Crippen LogP contribution in [0.1, 0.15) is 0 Å². The summed E-state index contributed by atoms with van der Waals surface area (Å²) in [5, 5.41) is 18.2. The van der Waals surface area contributed by atoms with Crippen LogP contribution in [0.5, 0.6) is 0 Å². The first-order valence-corrected chi connectivity index (χ1v) is 7.27. The summed E-state index contributed by atoms with van der Waals surface area (Å²) in [6, 6.07) is 0. The van der Waals surface area contributed by atoms with Gasteiger partial charge in [0.2, 0.25) is 0 Å². The van der Waals surface area contributed by atoms with Gasteiger partial charge in [0.25, 0.3) is 0 Å². The van der Waals surface area contributed by atoms with E-state index in [2.05, 4.69) is 9.05 Å². The Bertz CT molecular complexity index is 368. The van der Waals surface area contributed by atoms with Crippen molar-refractivity contribution in [1.82, 2.24) is 0 Å². The van der Waals surface area contributed by atoms with Gasteiger partial charge in [-0.3, -0.25) is 13.8 Å². The number of rotatable bonds is 8. The number of phosphoric acid groups is 2. The first kappa shape index (κ1) is 17.8. The molecule has 0 aliphatic rings. The quantitative estimate of drug-likeness (QED) is 0.259. The van der Waals surface area contributed by atoms with Gasteiger partial charge < -0.3 is 29.8 Å². The molecule has 0 saturated heterocycles. The summed E-state index contributed by atoms with van der Waals surface area (Å²) in [5.41, 5.74) is 0. The van der Waals surface area contributed by atoms with E-state index in [1.165, 1.54) is 0 Å². The van der Waals surface area contributed by atoms with Crippen LogP contribution in [0.25, 0.3) is 0 Å². The second-order valence-corrected chi connectivity index (χ2v) is 5.51. The maximum absolute atomic E-state index is 11.0. The third-order valence-electron chi connectivity index (χ3n) is 1.48. The lowest BCUT2D eigenvalue weighted by Gasteiger charge is -2.17. The Morgan fingerprint density at radius 1 is 1.00 bits per heavy atom. The zero-order valence-corrected chi connectivity index (χ0v) is 10.5. The van der Waals surface area contributed by atoms with Crippen molar-refractivity contribution >= 4 is 21.4 Å². The molecular formula is C5H12O11P2. The molecule has 0 amide bonds. The molecule has 2 atom stereocenters. The highest BCUT2D eigenvalue weighted by Gasteiger charge is 2.29. The molecule has 11 nitrogen and oxygen atoms in total. The zero-order chi connectivity index (χ0) is 14.6. The van der Waals surface area contributed by atoms with Crippen LogP contribution in [0.4, 0.5) is 0 Å². The third kappa shape index (κ3) is 8.84. The number of carbonyl (C=O) groups excluding carboxylic acids is 1. The van der Waals surface area contributed by atoms with E-state index in [9.17, 15) is 13.9 Å². The average molecular weight is 310 g/mol. The monoisotopic (exact) mass is 310 g/mol. The van der Waals surface area contributed by atoms with Crippen molar-refractivity contribution in [3.05, 3.63) is 0 Å². The maximum atomic E-state index is 11.0. The fraction of sp³-hybridized carbons (Fsp3) is 0.800. The fourth-order valence-electron chi connectivity index (χ4n) is 0.712. The van der Waals surface area contributed by atoms with Crippen molar-refractivity contribution in [1.29, 1.82) is 0 Å². The van der Waals surface area contributed by atoms with Crippen LogP contribution in [0.15, 0.2) is 0 Å². The molecule has 0 heterocycles. The summed E-state index contributed by atoms with van der Waals surface area (Å²) >= 11 is 0. The summed E-state index contributed by atoms with van der Waals surface area (Å²) in [6.45, 7) is -2.23. The molecule has 0 aliphatic heterocycles. The van der Waals surface area contributed by atoms with E-state index in [-0.39, 0.29) is 0 Å². The first-order chi connectivity index (χ1) is 7.92. The Balaban J connectivity index is 4.21. The van der Waals surface area contributed by atoms with Crippen LogP contribution in [-0.2, 0) is 23.0 Å². The fourth-order valence-corrected chi connectivity index (χ4v) is 1.35. The molecule has 0 aromatic carbocycles. The van der Waals surface area contributed by atoms with Crippen LogP contribution in [0, 0.1) is 0 Å². The lowest BCUT2D eigenvalue weighted by Crippen LogP contribution is -2.38. The molecule has 0 radical (unpaired) electrons. The highest BCUT2D eigenvalue weighted by atomic mass is 31.2. The molecule has 0 fully saturated rings. The highest BCUT2D eigenvalue weighted by Crippen LogP contribution is 2.36. The molecule has 18 heavy (non-hydrogen) atoms. The number of phosphoric ester groups is 2. The Kier molecular flexibility index (Phi) is 6.75. The molecule has 0 aliphatic carbocycles. The molecule has 0 bridgehead atoms. The molecule has 0 aromatic rings. The lowest BCUT2D eigenvalue weighted by molar-refractivity contribution is -0.136. The Hall–Kier alpha value is -0.190. The molecular weight excluding hydrogens is 298 g/mol. The van der Waals surface area contributed by atoms with Gasteiger partial charge in [0.15, 0.2) is 5.78 Å². The molecule has 0 rings (SSSR count). The standard InChI is InChI=1S/C5H12O11P2/c6-3(1-15-17(9,10)11)5(8)4(7)2-16-18(12,13)14/h3,5-6,8H,1-2H2,(H2,9,10,11)(H2,12,13,14)/t3-,5-/m0/s1. The second-order valence-electron chi connectivity index (χ2n) is 3.03. The van der Waals surface area contributed by atoms with Gasteiger partial charge in [-0.05, 0) is 0 Å². The van der Waals surface area contributed by atoms with E-state index in [1.54, 1.807) is 0 Å². The number of aliphatic hydroxyl groups excluding tert-OH is 2. The van der Waals surface area contributed by atoms with Crippen LogP contribution >= 0.6 is 15.6 Å². The SMILES string of the molecule is O=C(COP(=O)(O)O)[C@@H](O)[C@@H](O)COP(=O)(O)O. The van der Waals surface area contributed by atoms with Crippen molar-refractivity contribution in [2.75, 3.05) is 13.2 Å². The third-order valence-corrected chi connectivity index (χ3v) is 2.43. The summed E-state index contributed by atoms with van der Waals surface area (Å²) < 4.78 is 28.1. The minimum absolute atomic E-state index is 1.05. The first-order valence-electron chi connectivity index (χ1n) is 4.21. The Labute approximate surface area is 100 Å². The predicted molar refractivity (Wildman–Crippen MR) is 53.0 cm³/mol. The van der Waals surface area contributed by atoms with E-state index in [4.69, 9.17) is 29.8 Å². The van der Waals surface area contributed by atoms with E-state index in [0.717, 1.165) is 0 Å². The highest BCUT2D eigenvalue weighted by molar-refractivity contribution is 7.46. The van der Waals surface area contributed by atoms with E-state index in [1.807, 2.05) is 0 Å². The Morgan fingerprint density at radius 2 is 1.44 bits per heavy atom. The number of hydrogen-bond acceptors (Lipinski definition) is 7. The van der Waals surface area contributed by atoms with E-state index >= 15 is 0 Å². The predicted octanol–water partition coefficient (Wildman–Crippen LogP) is -2.50. The van der Waals surface area contributed by atoms with E-state index < -0.39 is 46.9 Å². The topological polar surface area (TPSA) is 191 Å². The molecule has 108 valence electrons. The van der Waals surface area contributed by atoms with Gasteiger partial charge in [-0.2, -0.15) is 0 Å². The van der Waals surface area contributed by atoms with Gasteiger partial charge in [-0.1, -0.05) is 0 Å². The minimum Gasteiger partial charge on any atom is -0.388 e. The Morgan fingerprint density at radius 3 is 1.83 bits per heavy atom. The summed E-state index contributed by atoms with van der Waals surface area (Å²) in [5.74, 6) is -1.29. The minimum atomic E-state index is -4.90. The van der Waals surface area contributed by atoms with Gasteiger partial charge in [-0.15, -0.1) is 0 Å². The largest absolute Gasteiger partial charge is 0.470 e. The van der Waals surface area contributed by atoms with Gasteiger partial charge >= 0.3 is 15.6 Å². The second kappa shape index (κ2) is 6.83. The lowest BCUT2D eigenvalue weighted by atomic mass is 10.1. The van der Waals surface area contributed by atoms with Crippen LogP contribution < -0.4 is 0 Å². The van der Waals surface area contributed by atoms with E-state index in [0.29, 0.717) is 0 Å². The van der Waals surface area contributed by atoms with Crippen LogP contribution in [-0.4, -0.2) is 61.0 Å². The smallest absolute Gasteiger partial charge is 0.388 e. The number of ketones is 1. The molecule has 0 unspecified atom stereocenters. The number of carbonyl (C=O) groups is 1. The van der Waals surface area contributed by atoms with Crippen molar-refractivity contribution in [2.24, 2.45) is 0 Å². The summed E-state index contributed by atoms with van der Waals surface area (Å²) in [6.07, 6.45) is -4.14. The summed E-state index contributed by atoms with van der Waals surface area (Å²) in [7, 11) is -9.77. The number of Topliss-reactive ketones (excluding diaryl/α,β-unsaturated/α-hetero) is 1. The summed E-state index contributed by atoms with van der Waals surface area (Å²) in [4.78, 5) is 44.1.